The molecule has 2 rings (SSSR count). The van der Waals surface area contributed by atoms with Crippen LogP contribution in [0.5, 0.6) is 0 Å². The van der Waals surface area contributed by atoms with E-state index >= 15 is 0 Å². The summed E-state index contributed by atoms with van der Waals surface area (Å²) in [6.45, 7) is 1.94. The minimum Gasteiger partial charge on any atom is -0.478 e. The van der Waals surface area contributed by atoms with Gasteiger partial charge in [-0.3, -0.25) is 4.98 Å². The Bertz CT molecular complexity index is 549. The summed E-state index contributed by atoms with van der Waals surface area (Å²) in [7, 11) is 0. The van der Waals surface area contributed by atoms with Crippen LogP contribution in [0, 0.1) is 6.92 Å². The second kappa shape index (κ2) is 4.78. The van der Waals surface area contributed by atoms with Gasteiger partial charge in [0.2, 0.25) is 0 Å². The summed E-state index contributed by atoms with van der Waals surface area (Å²) in [4.78, 5) is 15.0. The Hall–Kier alpha value is -2.16. The summed E-state index contributed by atoms with van der Waals surface area (Å²) >= 11 is 0. The van der Waals surface area contributed by atoms with Crippen LogP contribution in [0.25, 0.3) is 0 Å². The second-order valence-electron chi connectivity index (χ2n) is 3.99. The number of pyridine rings is 1. The highest BCUT2D eigenvalue weighted by atomic mass is 16.4. The summed E-state index contributed by atoms with van der Waals surface area (Å²) in [5.41, 5.74) is 3.43. The van der Waals surface area contributed by atoms with E-state index in [1.165, 1.54) is 0 Å². The molecule has 0 radical (unpaired) electrons. The lowest BCUT2D eigenvalue weighted by atomic mass is 10.0. The molecule has 0 unspecified atom stereocenters. The minimum absolute atomic E-state index is 0.327. The van der Waals surface area contributed by atoms with Gasteiger partial charge in [0.1, 0.15) is 0 Å². The van der Waals surface area contributed by atoms with Gasteiger partial charge >= 0.3 is 5.97 Å². The lowest BCUT2D eigenvalue weighted by Gasteiger charge is -2.03. The molecule has 0 spiro atoms. The van der Waals surface area contributed by atoms with Crippen LogP contribution in [-0.2, 0) is 6.42 Å². The van der Waals surface area contributed by atoms with E-state index in [0.29, 0.717) is 5.56 Å². The van der Waals surface area contributed by atoms with Gasteiger partial charge in [-0.15, -0.1) is 0 Å². The molecule has 0 atom stereocenters. The number of benzene rings is 1. The standard InChI is InChI=1S/C14H13NO2/c1-10-7-12(5-6-15-10)8-11-3-2-4-13(9-11)14(16)17/h2-7,9H,8H2,1H3,(H,16,17). The highest BCUT2D eigenvalue weighted by molar-refractivity contribution is 5.87. The number of carbonyl (C=O) groups is 1. The molecular formula is C14H13NO2. The molecule has 1 aromatic carbocycles. The molecular weight excluding hydrogens is 214 g/mol. The van der Waals surface area contributed by atoms with Crippen LogP contribution in [0.1, 0.15) is 27.2 Å². The van der Waals surface area contributed by atoms with E-state index in [4.69, 9.17) is 5.11 Å². The van der Waals surface area contributed by atoms with Crippen LogP contribution >= 0.6 is 0 Å². The van der Waals surface area contributed by atoms with Crippen molar-refractivity contribution >= 4 is 5.97 Å². The fourth-order valence-corrected chi connectivity index (χ4v) is 1.76. The predicted molar refractivity (Wildman–Crippen MR) is 65.2 cm³/mol. The Morgan fingerprint density at radius 3 is 2.71 bits per heavy atom. The second-order valence-corrected chi connectivity index (χ2v) is 3.99. The lowest BCUT2D eigenvalue weighted by molar-refractivity contribution is 0.0697. The first-order chi connectivity index (χ1) is 8.15. The number of hydrogen-bond donors (Lipinski definition) is 1. The van der Waals surface area contributed by atoms with E-state index in [2.05, 4.69) is 4.98 Å². The van der Waals surface area contributed by atoms with Crippen molar-refractivity contribution in [2.24, 2.45) is 0 Å². The SMILES string of the molecule is Cc1cc(Cc2cccc(C(=O)O)c2)ccn1. The van der Waals surface area contributed by atoms with Gasteiger partial charge in [-0.25, -0.2) is 4.79 Å². The molecule has 0 saturated carbocycles. The van der Waals surface area contributed by atoms with Gasteiger partial charge in [0.25, 0.3) is 0 Å². The zero-order valence-corrected chi connectivity index (χ0v) is 9.55. The van der Waals surface area contributed by atoms with Crippen molar-refractivity contribution in [2.75, 3.05) is 0 Å². The number of carboxylic acid groups (broad SMARTS) is 1. The van der Waals surface area contributed by atoms with E-state index in [1.54, 1.807) is 24.4 Å². The third-order valence-corrected chi connectivity index (χ3v) is 2.54. The van der Waals surface area contributed by atoms with Gasteiger partial charge in [0.05, 0.1) is 5.56 Å². The average molecular weight is 227 g/mol. The number of carboxylic acids is 1. The van der Waals surface area contributed by atoms with Crippen LogP contribution < -0.4 is 0 Å². The maximum Gasteiger partial charge on any atom is 0.335 e. The quantitative estimate of drug-likeness (QED) is 0.877. The van der Waals surface area contributed by atoms with Gasteiger partial charge in [-0.2, -0.15) is 0 Å². The predicted octanol–water partition coefficient (Wildman–Crippen LogP) is 2.68. The van der Waals surface area contributed by atoms with Crippen molar-refractivity contribution in [3.63, 3.8) is 0 Å². The van der Waals surface area contributed by atoms with Gasteiger partial charge in [0, 0.05) is 11.9 Å². The van der Waals surface area contributed by atoms with Gasteiger partial charge in [0.15, 0.2) is 0 Å². The van der Waals surface area contributed by atoms with Crippen LogP contribution in [0.4, 0.5) is 0 Å². The Labute approximate surface area is 99.8 Å². The van der Waals surface area contributed by atoms with Crippen molar-refractivity contribution in [1.29, 1.82) is 0 Å². The number of hydrogen-bond acceptors (Lipinski definition) is 2. The number of aromatic nitrogens is 1. The lowest BCUT2D eigenvalue weighted by Crippen LogP contribution is -1.98. The summed E-state index contributed by atoms with van der Waals surface area (Å²) in [5, 5.41) is 8.91. The number of rotatable bonds is 3. The van der Waals surface area contributed by atoms with Crippen molar-refractivity contribution < 1.29 is 9.90 Å². The fraction of sp³-hybridized carbons (Fsp3) is 0.143. The van der Waals surface area contributed by atoms with E-state index in [9.17, 15) is 4.79 Å². The summed E-state index contributed by atoms with van der Waals surface area (Å²) in [5.74, 6) is -0.891. The molecule has 0 bridgehead atoms. The van der Waals surface area contributed by atoms with Crippen molar-refractivity contribution in [3.8, 4) is 0 Å². The zero-order chi connectivity index (χ0) is 12.3. The smallest absolute Gasteiger partial charge is 0.335 e. The number of aromatic carboxylic acids is 1. The molecule has 86 valence electrons. The first-order valence-corrected chi connectivity index (χ1v) is 5.39. The maximum atomic E-state index is 10.8. The summed E-state index contributed by atoms with van der Waals surface area (Å²) in [6.07, 6.45) is 2.50. The Morgan fingerprint density at radius 1 is 1.24 bits per heavy atom. The molecule has 3 nitrogen and oxygen atoms in total. The molecule has 0 amide bonds. The van der Waals surface area contributed by atoms with Gasteiger partial charge in [-0.1, -0.05) is 12.1 Å². The fourth-order valence-electron chi connectivity index (χ4n) is 1.76. The molecule has 17 heavy (non-hydrogen) atoms. The monoisotopic (exact) mass is 227 g/mol. The topological polar surface area (TPSA) is 50.2 Å². The van der Waals surface area contributed by atoms with Crippen molar-refractivity contribution in [2.45, 2.75) is 13.3 Å². The third-order valence-electron chi connectivity index (χ3n) is 2.54. The maximum absolute atomic E-state index is 10.8. The summed E-state index contributed by atoms with van der Waals surface area (Å²) < 4.78 is 0. The van der Waals surface area contributed by atoms with Crippen LogP contribution in [0.2, 0.25) is 0 Å². The van der Waals surface area contributed by atoms with Crippen LogP contribution in [0.3, 0.4) is 0 Å². The van der Waals surface area contributed by atoms with Crippen LogP contribution in [0.15, 0.2) is 42.6 Å². The van der Waals surface area contributed by atoms with Crippen molar-refractivity contribution in [3.05, 3.63) is 65.0 Å². The molecule has 3 heteroatoms. The Kier molecular flexibility index (Phi) is 3.19. The minimum atomic E-state index is -0.891. The Balaban J connectivity index is 2.24. The number of nitrogens with zero attached hydrogens (tertiary/aromatic N) is 1. The Morgan fingerprint density at radius 2 is 2.00 bits per heavy atom. The molecule has 0 saturated heterocycles. The third kappa shape index (κ3) is 2.91. The highest BCUT2D eigenvalue weighted by Gasteiger charge is 2.03. The molecule has 0 aliphatic rings. The molecule has 1 N–H and O–H groups in total. The average Bonchev–Trinajstić information content (AvgIpc) is 2.29. The molecule has 1 heterocycles. The van der Waals surface area contributed by atoms with Gasteiger partial charge < -0.3 is 5.11 Å². The zero-order valence-electron chi connectivity index (χ0n) is 9.55. The molecule has 2 aromatic rings. The van der Waals surface area contributed by atoms with Crippen LogP contribution in [-0.4, -0.2) is 16.1 Å². The highest BCUT2D eigenvalue weighted by Crippen LogP contribution is 2.12. The number of aryl methyl sites for hydroxylation is 1. The van der Waals surface area contributed by atoms with E-state index < -0.39 is 5.97 Å². The van der Waals surface area contributed by atoms with Crippen molar-refractivity contribution in [1.82, 2.24) is 4.98 Å². The van der Waals surface area contributed by atoms with Gasteiger partial charge in [-0.05, 0) is 48.7 Å². The van der Waals surface area contributed by atoms with E-state index in [1.807, 2.05) is 25.1 Å². The molecule has 0 aliphatic carbocycles. The molecule has 0 aliphatic heterocycles. The van der Waals surface area contributed by atoms with E-state index in [-0.39, 0.29) is 0 Å². The molecule has 0 fully saturated rings. The first-order valence-electron chi connectivity index (χ1n) is 5.39. The first kappa shape index (κ1) is 11.3. The largest absolute Gasteiger partial charge is 0.478 e. The summed E-state index contributed by atoms with van der Waals surface area (Å²) in [6, 6.07) is 11.0. The molecule has 1 aromatic heterocycles. The normalized spacial score (nSPS) is 10.2. The van der Waals surface area contributed by atoms with E-state index in [0.717, 1.165) is 23.2 Å².